The summed E-state index contributed by atoms with van der Waals surface area (Å²) in [6.07, 6.45) is 6.73. The molecule has 0 spiro atoms. The van der Waals surface area contributed by atoms with Crippen LogP contribution in [0, 0.1) is 0 Å². The number of nitrogen functional groups attached to an aromatic ring is 1. The number of phenols is 2. The maximum Gasteiger partial charge on any atom is 0.151 e. The molecule has 1 atom stereocenters. The number of nitrogens with two attached hydrogens (primary N) is 1. The van der Waals surface area contributed by atoms with E-state index in [-0.39, 0.29) is 21.5 Å². The third kappa shape index (κ3) is 12.7. The van der Waals surface area contributed by atoms with E-state index in [1.54, 1.807) is 54.9 Å². The van der Waals surface area contributed by atoms with E-state index >= 15 is 0 Å². The number of nitrogens with one attached hydrogen (secondary N) is 1. The van der Waals surface area contributed by atoms with Crippen LogP contribution in [0.3, 0.4) is 0 Å². The van der Waals surface area contributed by atoms with Crippen LogP contribution in [0.1, 0.15) is 27.5 Å². The van der Waals surface area contributed by atoms with E-state index in [9.17, 15) is 15.0 Å². The molecule has 0 saturated carbocycles. The summed E-state index contributed by atoms with van der Waals surface area (Å²) in [6, 6.07) is 25.0. The molecule has 0 bridgehead atoms. The van der Waals surface area contributed by atoms with Crippen molar-refractivity contribution in [2.24, 2.45) is 0 Å². The average molecular weight is 1020 g/mol. The van der Waals surface area contributed by atoms with Crippen molar-refractivity contribution < 1.29 is 15.0 Å². The minimum absolute atomic E-state index is 0.00201. The monoisotopic (exact) mass is 1010 g/mol. The zero-order valence-corrected chi connectivity index (χ0v) is 38.1. The van der Waals surface area contributed by atoms with Gasteiger partial charge in [0.2, 0.25) is 0 Å². The fraction of sp³-hybridized carbons (Fsp3) is 0.0238. The highest BCUT2D eigenvalue weighted by Crippen LogP contribution is 2.42. The Bertz CT molecular complexity index is 2850. The molecule has 0 fully saturated rings. The first-order valence-corrected chi connectivity index (χ1v) is 20.8. The lowest BCUT2D eigenvalue weighted by Crippen LogP contribution is -2.14. The van der Waals surface area contributed by atoms with Crippen molar-refractivity contribution in [1.82, 2.24) is 19.9 Å². The van der Waals surface area contributed by atoms with Crippen molar-refractivity contribution in [3.8, 4) is 11.5 Å². The van der Waals surface area contributed by atoms with Gasteiger partial charge in [0.05, 0.1) is 46.2 Å². The van der Waals surface area contributed by atoms with Gasteiger partial charge in [-0.3, -0.25) is 14.8 Å². The lowest BCUT2D eigenvalue weighted by atomic mass is 9.96. The highest BCUT2D eigenvalue weighted by Gasteiger charge is 2.24. The minimum atomic E-state index is -0.662. The Labute approximate surface area is 398 Å². The van der Waals surface area contributed by atoms with Gasteiger partial charge in [-0.15, -0.1) is 0 Å². The summed E-state index contributed by atoms with van der Waals surface area (Å²) in [6.45, 7) is 0. The van der Waals surface area contributed by atoms with E-state index in [0.29, 0.717) is 85.8 Å². The van der Waals surface area contributed by atoms with Crippen LogP contribution in [0.2, 0.25) is 50.2 Å². The molecule has 8 aromatic rings. The number of aldehydes is 1. The molecule has 4 aromatic heterocycles. The van der Waals surface area contributed by atoms with E-state index in [1.165, 1.54) is 30.6 Å². The second-order valence-electron chi connectivity index (χ2n) is 12.2. The number of hydrogen-bond donors (Lipinski definition) is 4. The van der Waals surface area contributed by atoms with Gasteiger partial charge in [0.25, 0.3) is 0 Å². The molecule has 4 aromatic carbocycles. The molecular weight excluding hydrogens is 991 g/mol. The number of hydrogen-bond acceptors (Lipinski definition) is 9. The first-order chi connectivity index (χ1) is 29.1. The normalized spacial score (nSPS) is 11.0. The van der Waals surface area contributed by atoms with Crippen molar-refractivity contribution in [2.75, 3.05) is 11.1 Å². The Balaban J connectivity index is 0.000000184. The Hall–Kier alpha value is -4.23. The number of carbonyl (C=O) groups excluding carboxylic acids is 1. The third-order valence-electron chi connectivity index (χ3n) is 8.11. The van der Waals surface area contributed by atoms with Crippen LogP contribution >= 0.6 is 116 Å². The lowest BCUT2D eigenvalue weighted by Gasteiger charge is -2.23. The highest BCUT2D eigenvalue weighted by molar-refractivity contribution is 6.45. The molecule has 4 heterocycles. The van der Waals surface area contributed by atoms with Gasteiger partial charge in [-0.1, -0.05) is 152 Å². The van der Waals surface area contributed by atoms with Gasteiger partial charge in [-0.2, -0.15) is 0 Å². The maximum absolute atomic E-state index is 11.0. The molecule has 312 valence electrons. The number of carbonyl (C=O) groups is 1. The van der Waals surface area contributed by atoms with Crippen LogP contribution in [-0.4, -0.2) is 36.4 Å². The molecule has 0 radical (unpaired) electrons. The summed E-state index contributed by atoms with van der Waals surface area (Å²) in [5.74, 6) is 1.03. The number of para-hydroxylation sites is 1. The summed E-state index contributed by atoms with van der Waals surface area (Å²) in [7, 11) is 0. The molecule has 9 nitrogen and oxygen atoms in total. The molecule has 5 N–H and O–H groups in total. The molecule has 19 heteroatoms. The zero-order chi connectivity index (χ0) is 44.4. The number of anilines is 2. The number of fused-ring (bicyclic) bond motifs is 2. The Morgan fingerprint density at radius 2 is 1.13 bits per heavy atom. The minimum Gasteiger partial charge on any atom is -0.506 e. The van der Waals surface area contributed by atoms with Gasteiger partial charge in [0.15, 0.2) is 6.29 Å². The molecule has 0 aliphatic heterocycles. The number of phenolic OH excluding ortho intramolecular Hbond substituents is 2. The summed E-state index contributed by atoms with van der Waals surface area (Å²) >= 11 is 59.1. The molecule has 8 rings (SSSR count). The molecule has 1 unspecified atom stereocenters. The van der Waals surface area contributed by atoms with Crippen molar-refractivity contribution in [2.45, 2.75) is 6.04 Å². The molecule has 0 amide bonds. The van der Waals surface area contributed by atoms with E-state index in [2.05, 4.69) is 25.3 Å². The number of rotatable bonds is 5. The van der Waals surface area contributed by atoms with Gasteiger partial charge in [-0.05, 0) is 42.5 Å². The Morgan fingerprint density at radius 1 is 0.557 bits per heavy atom. The van der Waals surface area contributed by atoms with Gasteiger partial charge in [-0.25, -0.2) is 9.97 Å². The highest BCUT2D eigenvalue weighted by atomic mass is 35.5. The van der Waals surface area contributed by atoms with E-state index in [1.807, 2.05) is 30.3 Å². The average Bonchev–Trinajstić information content (AvgIpc) is 3.24. The predicted octanol–water partition coefficient (Wildman–Crippen LogP) is 15.2. The Kier molecular flexibility index (Phi) is 17.4. The van der Waals surface area contributed by atoms with Crippen molar-refractivity contribution >= 4 is 156 Å². The van der Waals surface area contributed by atoms with E-state index in [0.717, 1.165) is 10.8 Å². The van der Waals surface area contributed by atoms with Gasteiger partial charge < -0.3 is 21.3 Å². The van der Waals surface area contributed by atoms with E-state index in [4.69, 9.17) is 122 Å². The first-order valence-electron chi connectivity index (χ1n) is 17.1. The quantitative estimate of drug-likeness (QED) is 0.0977. The number of benzene rings is 4. The van der Waals surface area contributed by atoms with Crippen molar-refractivity contribution in [3.63, 3.8) is 0 Å². The maximum atomic E-state index is 11.0. The molecule has 61 heavy (non-hydrogen) atoms. The summed E-state index contributed by atoms with van der Waals surface area (Å²) in [4.78, 5) is 26.6. The van der Waals surface area contributed by atoms with Gasteiger partial charge in [0.1, 0.15) is 34.2 Å². The van der Waals surface area contributed by atoms with Crippen molar-refractivity contribution in [3.05, 3.63) is 183 Å². The third-order valence-corrected chi connectivity index (χ3v) is 11.6. The summed E-state index contributed by atoms with van der Waals surface area (Å²) in [5, 5.41) is 28.7. The van der Waals surface area contributed by atoms with Crippen LogP contribution in [0.25, 0.3) is 21.8 Å². The van der Waals surface area contributed by atoms with Gasteiger partial charge >= 0.3 is 0 Å². The van der Waals surface area contributed by atoms with Gasteiger partial charge in [0, 0.05) is 74.4 Å². The zero-order valence-electron chi connectivity index (χ0n) is 30.6. The largest absolute Gasteiger partial charge is 0.506 e. The van der Waals surface area contributed by atoms with Crippen LogP contribution < -0.4 is 11.1 Å². The second-order valence-corrected chi connectivity index (χ2v) is 16.3. The van der Waals surface area contributed by atoms with Crippen LogP contribution in [-0.2, 0) is 0 Å². The topological polar surface area (TPSA) is 147 Å². The van der Waals surface area contributed by atoms with Crippen LogP contribution in [0.15, 0.2) is 116 Å². The predicted molar refractivity (Wildman–Crippen MR) is 254 cm³/mol. The standard InChI is InChI=1S/C21H12Cl5N3O.C9H7NO.C7H3Cl3O.C5H4Cl2N2/c22-11-6-13(18(26)15(24)7-11)20(29-17-8-14(23)16(25)9-28-17)12-4-3-10-2-1-5-27-19(10)21(12)30;11-8-5-1-3-7-4-2-6-10-9(7)8;8-5-1-4(3-11)7(10)6(9)2-5;6-3-1-5(8)9-2-4(3)7/h1-9,20,30H,(H,28,29);1-6,11H;1-3H;1-2H,(H2,8,9). The van der Waals surface area contributed by atoms with Crippen LogP contribution in [0.4, 0.5) is 11.6 Å². The van der Waals surface area contributed by atoms with E-state index < -0.39 is 6.04 Å². The summed E-state index contributed by atoms with van der Waals surface area (Å²) in [5.41, 5.74) is 7.75. The molecule has 0 aliphatic carbocycles. The molecule has 0 saturated heterocycles. The summed E-state index contributed by atoms with van der Waals surface area (Å²) < 4.78 is 0. The lowest BCUT2D eigenvalue weighted by molar-refractivity contribution is 0.112. The Morgan fingerprint density at radius 3 is 1.74 bits per heavy atom. The number of halogens is 10. The fourth-order valence-corrected chi connectivity index (χ4v) is 7.22. The van der Waals surface area contributed by atoms with Crippen molar-refractivity contribution in [1.29, 1.82) is 0 Å². The fourth-order valence-electron chi connectivity index (χ4n) is 5.31. The first kappa shape index (κ1) is 47.8. The molecule has 0 aliphatic rings. The second kappa shape index (κ2) is 22.2. The number of aromatic hydroxyl groups is 2. The molecular formula is C42H26Cl10N6O3. The number of aromatic nitrogens is 4. The number of pyridine rings is 4. The van der Waals surface area contributed by atoms with Crippen LogP contribution in [0.5, 0.6) is 11.5 Å². The smallest absolute Gasteiger partial charge is 0.151 e. The SMILES string of the molecule is Nc1cc(Cl)c(Cl)cn1.O=Cc1cc(Cl)cc(Cl)c1Cl.Oc1c(C(Nc2cc(Cl)c(Cl)cn2)c2cc(Cl)cc(Cl)c2Cl)ccc2cccnc12.Oc1cccc2cccnc12. The number of nitrogens with zero attached hydrogens (tertiary/aromatic N) is 4.